The largest absolute Gasteiger partial charge is 0.496 e. The third kappa shape index (κ3) is 3.07. The van der Waals surface area contributed by atoms with Gasteiger partial charge in [0.2, 0.25) is 0 Å². The number of hydrogen-bond acceptors (Lipinski definition) is 6. The molecule has 1 aromatic carbocycles. The van der Waals surface area contributed by atoms with Crippen molar-refractivity contribution in [2.45, 2.75) is 6.04 Å². The Bertz CT molecular complexity index is 582. The molecule has 2 aromatic rings. The number of rotatable bonds is 6. The van der Waals surface area contributed by atoms with E-state index in [4.69, 9.17) is 20.1 Å². The van der Waals surface area contributed by atoms with Gasteiger partial charge in [-0.25, -0.2) is 5.43 Å². The third-order valence-electron chi connectivity index (χ3n) is 3.22. The van der Waals surface area contributed by atoms with Gasteiger partial charge in [0.1, 0.15) is 17.2 Å². The van der Waals surface area contributed by atoms with Gasteiger partial charge in [0.05, 0.1) is 39.1 Å². The lowest BCUT2D eigenvalue weighted by atomic mass is 9.98. The Morgan fingerprint density at radius 3 is 2.24 bits per heavy atom. The Balaban J connectivity index is 2.55. The van der Waals surface area contributed by atoms with Crippen LogP contribution < -0.4 is 25.5 Å². The predicted octanol–water partition coefficient (Wildman–Crippen LogP) is 1.66. The molecule has 2 rings (SSSR count). The fourth-order valence-electron chi connectivity index (χ4n) is 2.22. The number of nitrogens with two attached hydrogens (primary N) is 1. The van der Waals surface area contributed by atoms with Crippen LogP contribution in [0.3, 0.4) is 0 Å². The number of hydrogen-bond donors (Lipinski definition) is 2. The quantitative estimate of drug-likeness (QED) is 0.622. The normalized spacial score (nSPS) is 11.8. The van der Waals surface area contributed by atoms with Crippen molar-refractivity contribution in [1.82, 2.24) is 10.4 Å². The Labute approximate surface area is 123 Å². The smallest absolute Gasteiger partial charge is 0.137 e. The molecule has 6 heteroatoms. The molecule has 0 aliphatic heterocycles. The van der Waals surface area contributed by atoms with Crippen molar-refractivity contribution in [3.63, 3.8) is 0 Å². The SMILES string of the molecule is COc1cncc(C(NN)c2c(OC)cccc2OC)c1. The molecule has 0 aliphatic carbocycles. The molecule has 1 unspecified atom stereocenters. The van der Waals surface area contributed by atoms with E-state index in [2.05, 4.69) is 10.4 Å². The van der Waals surface area contributed by atoms with Gasteiger partial charge in [-0.05, 0) is 23.8 Å². The zero-order valence-electron chi connectivity index (χ0n) is 12.3. The van der Waals surface area contributed by atoms with Crippen LogP contribution in [0.2, 0.25) is 0 Å². The van der Waals surface area contributed by atoms with Gasteiger partial charge < -0.3 is 14.2 Å². The van der Waals surface area contributed by atoms with E-state index in [9.17, 15) is 0 Å². The van der Waals surface area contributed by atoms with Crippen LogP contribution in [0.5, 0.6) is 17.2 Å². The fourth-order valence-corrected chi connectivity index (χ4v) is 2.22. The lowest BCUT2D eigenvalue weighted by Gasteiger charge is -2.22. The highest BCUT2D eigenvalue weighted by Gasteiger charge is 2.22. The van der Waals surface area contributed by atoms with Crippen molar-refractivity contribution in [1.29, 1.82) is 0 Å². The minimum absolute atomic E-state index is 0.335. The van der Waals surface area contributed by atoms with Gasteiger partial charge >= 0.3 is 0 Å². The zero-order valence-corrected chi connectivity index (χ0v) is 12.3. The van der Waals surface area contributed by atoms with Crippen molar-refractivity contribution >= 4 is 0 Å². The molecular formula is C15H19N3O3. The van der Waals surface area contributed by atoms with E-state index in [0.29, 0.717) is 17.2 Å². The molecular weight excluding hydrogens is 270 g/mol. The molecule has 0 saturated heterocycles. The third-order valence-corrected chi connectivity index (χ3v) is 3.22. The van der Waals surface area contributed by atoms with Gasteiger partial charge in [-0.15, -0.1) is 0 Å². The Morgan fingerprint density at radius 1 is 1.05 bits per heavy atom. The van der Waals surface area contributed by atoms with E-state index < -0.39 is 0 Å². The minimum atomic E-state index is -0.335. The molecule has 0 amide bonds. The van der Waals surface area contributed by atoms with E-state index in [1.165, 1.54) is 0 Å². The van der Waals surface area contributed by atoms with Crippen LogP contribution in [0.25, 0.3) is 0 Å². The van der Waals surface area contributed by atoms with E-state index >= 15 is 0 Å². The maximum Gasteiger partial charge on any atom is 0.137 e. The number of nitrogens with one attached hydrogen (secondary N) is 1. The number of ether oxygens (including phenoxy) is 3. The van der Waals surface area contributed by atoms with Crippen LogP contribution in [0.15, 0.2) is 36.7 Å². The highest BCUT2D eigenvalue weighted by molar-refractivity contribution is 5.50. The van der Waals surface area contributed by atoms with Crippen LogP contribution >= 0.6 is 0 Å². The summed E-state index contributed by atoms with van der Waals surface area (Å²) < 4.78 is 16.0. The van der Waals surface area contributed by atoms with E-state index in [0.717, 1.165) is 11.1 Å². The van der Waals surface area contributed by atoms with Crippen molar-refractivity contribution in [3.05, 3.63) is 47.8 Å². The summed E-state index contributed by atoms with van der Waals surface area (Å²) >= 11 is 0. The zero-order chi connectivity index (χ0) is 15.2. The molecule has 21 heavy (non-hydrogen) atoms. The highest BCUT2D eigenvalue weighted by atomic mass is 16.5. The van der Waals surface area contributed by atoms with E-state index in [-0.39, 0.29) is 6.04 Å². The van der Waals surface area contributed by atoms with Crippen molar-refractivity contribution in [2.75, 3.05) is 21.3 Å². The molecule has 0 fully saturated rings. The summed E-state index contributed by atoms with van der Waals surface area (Å²) in [6, 6.07) is 7.10. The standard InChI is InChI=1S/C15H19N3O3/c1-19-11-7-10(8-17-9-11)15(18-16)14-12(20-2)5-4-6-13(14)21-3/h4-9,15,18H,16H2,1-3H3. The minimum Gasteiger partial charge on any atom is -0.496 e. The average Bonchev–Trinajstić information content (AvgIpc) is 2.55. The van der Waals surface area contributed by atoms with Crippen molar-refractivity contribution in [3.8, 4) is 17.2 Å². The molecule has 1 heterocycles. The van der Waals surface area contributed by atoms with Gasteiger partial charge in [0.25, 0.3) is 0 Å². The molecule has 0 saturated carbocycles. The maximum atomic E-state index is 5.75. The Kier molecular flexibility index (Phi) is 4.97. The number of nitrogens with zero attached hydrogens (tertiary/aromatic N) is 1. The number of pyridine rings is 1. The van der Waals surface area contributed by atoms with Gasteiger partial charge in [0.15, 0.2) is 0 Å². The topological polar surface area (TPSA) is 78.6 Å². The Morgan fingerprint density at radius 2 is 1.71 bits per heavy atom. The summed E-state index contributed by atoms with van der Waals surface area (Å²) in [6.07, 6.45) is 3.36. The number of aromatic nitrogens is 1. The summed E-state index contributed by atoms with van der Waals surface area (Å²) in [7, 11) is 4.81. The summed E-state index contributed by atoms with van der Waals surface area (Å²) in [5, 5.41) is 0. The maximum absolute atomic E-state index is 5.75. The average molecular weight is 289 g/mol. The lowest BCUT2D eigenvalue weighted by Crippen LogP contribution is -2.29. The van der Waals surface area contributed by atoms with Crippen LogP contribution in [-0.4, -0.2) is 26.3 Å². The predicted molar refractivity (Wildman–Crippen MR) is 79.5 cm³/mol. The first kappa shape index (κ1) is 15.1. The summed E-state index contributed by atoms with van der Waals surface area (Å²) in [5.74, 6) is 7.76. The second-order valence-corrected chi connectivity index (χ2v) is 4.33. The fraction of sp³-hybridized carbons (Fsp3) is 0.267. The first-order valence-corrected chi connectivity index (χ1v) is 6.41. The van der Waals surface area contributed by atoms with Gasteiger partial charge in [-0.3, -0.25) is 10.8 Å². The van der Waals surface area contributed by atoms with Gasteiger partial charge in [-0.2, -0.15) is 0 Å². The summed E-state index contributed by atoms with van der Waals surface area (Å²) in [4.78, 5) is 4.16. The second kappa shape index (κ2) is 6.92. The molecule has 0 spiro atoms. The molecule has 0 aliphatic rings. The van der Waals surface area contributed by atoms with Crippen molar-refractivity contribution in [2.24, 2.45) is 5.84 Å². The molecule has 1 aromatic heterocycles. The molecule has 6 nitrogen and oxygen atoms in total. The Hall–Kier alpha value is -2.31. The van der Waals surface area contributed by atoms with Crippen LogP contribution in [0.1, 0.15) is 17.2 Å². The summed E-state index contributed by atoms with van der Waals surface area (Å²) in [6.45, 7) is 0. The first-order valence-electron chi connectivity index (χ1n) is 6.41. The molecule has 112 valence electrons. The molecule has 0 bridgehead atoms. The highest BCUT2D eigenvalue weighted by Crippen LogP contribution is 2.37. The molecule has 0 radical (unpaired) electrons. The van der Waals surface area contributed by atoms with Crippen LogP contribution in [0, 0.1) is 0 Å². The van der Waals surface area contributed by atoms with Crippen LogP contribution in [0.4, 0.5) is 0 Å². The second-order valence-electron chi connectivity index (χ2n) is 4.33. The van der Waals surface area contributed by atoms with E-state index in [1.807, 2.05) is 24.3 Å². The van der Waals surface area contributed by atoms with Gasteiger partial charge in [-0.1, -0.05) is 6.07 Å². The number of hydrazine groups is 1. The van der Waals surface area contributed by atoms with E-state index in [1.54, 1.807) is 33.7 Å². The molecule has 3 N–H and O–H groups in total. The molecule has 1 atom stereocenters. The number of benzene rings is 1. The van der Waals surface area contributed by atoms with Crippen molar-refractivity contribution < 1.29 is 14.2 Å². The first-order chi connectivity index (χ1) is 10.2. The number of methoxy groups -OCH3 is 3. The van der Waals surface area contributed by atoms with Gasteiger partial charge in [0, 0.05) is 6.20 Å². The van der Waals surface area contributed by atoms with Crippen LogP contribution in [-0.2, 0) is 0 Å². The monoisotopic (exact) mass is 289 g/mol. The lowest BCUT2D eigenvalue weighted by molar-refractivity contribution is 0.376. The summed E-state index contributed by atoms with van der Waals surface area (Å²) in [5.41, 5.74) is 4.43.